The zero-order valence-electron chi connectivity index (χ0n) is 68.4. The van der Waals surface area contributed by atoms with E-state index in [1.165, 1.54) is 20.7 Å². The van der Waals surface area contributed by atoms with Crippen LogP contribution in [0.2, 0.25) is 40.2 Å². The van der Waals surface area contributed by atoms with E-state index in [9.17, 15) is 19.8 Å². The predicted octanol–water partition coefficient (Wildman–Crippen LogP) is 26.3. The highest BCUT2D eigenvalue weighted by atomic mass is 127. The summed E-state index contributed by atoms with van der Waals surface area (Å²) in [6.45, 7) is 25.5. The molecule has 0 aromatic heterocycles. The first-order chi connectivity index (χ1) is 53.5. The summed E-state index contributed by atoms with van der Waals surface area (Å²) >= 11 is 48.1. The number of alkyl carbamates (subject to hydrolysis) is 2. The van der Waals surface area contributed by atoms with Crippen molar-refractivity contribution < 1.29 is 65.3 Å². The fourth-order valence-electron chi connectivity index (χ4n) is 8.96. The molecule has 33 heteroatoms. The normalized spacial score (nSPS) is 13.9. The maximum absolute atomic E-state index is 11.9. The maximum Gasteiger partial charge on any atom is 0.480 e. The van der Waals surface area contributed by atoms with Gasteiger partial charge in [0.05, 0.1) is 66.8 Å². The molecule has 1 unspecified atom stereocenters. The first kappa shape index (κ1) is 138. The van der Waals surface area contributed by atoms with Crippen molar-refractivity contribution in [2.24, 2.45) is 23.1 Å². The summed E-state index contributed by atoms with van der Waals surface area (Å²) in [4.78, 5) is 28.3. The number of aliphatic hydroxyl groups is 2. The van der Waals surface area contributed by atoms with Gasteiger partial charge in [0.2, 0.25) is 0 Å². The lowest BCUT2D eigenvalue weighted by atomic mass is 9.92. The Kier molecular flexibility index (Phi) is 84.8. The lowest BCUT2D eigenvalue weighted by Crippen LogP contribution is -2.39. The highest BCUT2D eigenvalue weighted by Crippen LogP contribution is 2.38. The molecule has 1 aliphatic rings. The standard InChI is InChI=1S/C15H22ClNO3.C14H20ClNO3.C10H14ClNO.C9H13ClN2O.C9H12ClNO.C9H9ClO.C9H9Cl.C6H4ClI.C3H7BO2.6CH4.2ClH.H2N2.H2O.H2/c1-10(19-5)13(11-6-8-12(16)9-7-11)17-14(18)20-15(2,3)4;1-9(17)12(10-5-7-11(15)8-6-10)16-13(18)19-14(2,3)4;1-7(13-2)10(12)8-3-5-9(11)6-4-8;1-6(13-12)9(11)7-2-4-8(10)5-3-7;1-6(12)9(11)7-2-4-8(10)5-3-7;1-6-9(11-6)7-2-4-8(10)5-3-7;1-2-3-8-4-6-9(10)7-5-8;7-5-1-3-6(8)4-2-5;1-2-3-4(5)6;;;;;;;;;1-2;;/h6-10,13H,1-5H3,(H,17,18);5-9,12,17H,1-4H3,(H,16,18);3-7,10H,12H2,1-2H3;2-6,9H,11-12H2,1H3;2-6,9,12H,11H2,1H3;2-6,9H,1H3;2-7H,1H3;1-4H;2-3,5-6H,1H3;6*1H4;2*1H;1-2H;1H2;1H/b;;;;;;3-2+;;3-2+;;;;;;;;;;;/t10-,13+;9-,12-;7-,10+;6-,9+;6-,9-;6-,9?;;;;;;;;;;;;;;/m010011............../s1. The Bertz CT molecular complexity index is 3880. The van der Waals surface area contributed by atoms with Crippen LogP contribution in [0.4, 0.5) is 9.59 Å². The fourth-order valence-corrected chi connectivity index (χ4v) is 10.3. The summed E-state index contributed by atoms with van der Waals surface area (Å²) < 4.78 is 27.4. The lowest BCUT2D eigenvalue weighted by molar-refractivity contribution is 0.0369. The third kappa shape index (κ3) is 64.0. The number of epoxide rings is 1. The molecule has 0 radical (unpaired) electrons. The molecule has 0 saturated carbocycles. The topological polar surface area (TPSA) is 381 Å². The number of methoxy groups -OCH3 is 2. The molecule has 123 heavy (non-hydrogen) atoms. The van der Waals surface area contributed by atoms with Crippen molar-refractivity contribution in [2.75, 3.05) is 14.2 Å². The first-order valence-electron chi connectivity index (χ1n) is 35.7. The minimum absolute atomic E-state index is 0. The van der Waals surface area contributed by atoms with Gasteiger partial charge in [0.15, 0.2) is 0 Å². The van der Waals surface area contributed by atoms with Crippen LogP contribution in [-0.4, -0.2) is 107 Å². The summed E-state index contributed by atoms with van der Waals surface area (Å²) in [7, 11) is 1.97. The molecule has 1 saturated heterocycles. The van der Waals surface area contributed by atoms with Gasteiger partial charge < -0.3 is 77.3 Å². The van der Waals surface area contributed by atoms with Crippen LogP contribution in [0.1, 0.15) is 218 Å². The SMILES string of the molecule is C.C.C.C.C.C.C/C=C/B(O)O.C/C=C/c1ccc(Cl)cc1.CO[C@@H](C)[C@@H](N)c1ccc(Cl)cc1.CO[C@@H](C)[C@@H](NC(=O)OC(C)(C)C)c1ccc(Cl)cc1.C[C@@H](O)[C@@H](N)c1ccc(Cl)cc1.C[C@@H](O)[C@@H](NC(=O)OC(C)(C)C)c1ccc(Cl)cc1.C[C@H](ON)[C@@H](N)c1ccc(Cl)cc1.C[C@H]1OC1c1ccc(Cl)cc1.Cl.Cl.Clc1ccc(I)cc1.N=N.O.[HH]. The molecule has 1 aliphatic heterocycles. The number of aliphatic hydroxyl groups excluding tert-OH is 2. The van der Waals surface area contributed by atoms with Crippen LogP contribution in [0.15, 0.2) is 212 Å². The highest BCUT2D eigenvalue weighted by molar-refractivity contribution is 14.1. The zero-order valence-corrected chi connectivity index (χ0v) is 78.2. The van der Waals surface area contributed by atoms with Gasteiger partial charge in [-0.25, -0.2) is 26.5 Å². The highest BCUT2D eigenvalue weighted by Gasteiger charge is 2.35. The Labute approximate surface area is 803 Å². The second-order valence-electron chi connectivity index (χ2n) is 27.0. The van der Waals surface area contributed by atoms with Gasteiger partial charge in [-0.1, -0.05) is 247 Å². The number of allylic oxidation sites excluding steroid dienone is 2. The van der Waals surface area contributed by atoms with E-state index < -0.39 is 48.8 Å². The average Bonchev–Trinajstić information content (AvgIpc) is 1.66. The minimum atomic E-state index is -1.28. The second kappa shape index (κ2) is 75.5. The van der Waals surface area contributed by atoms with Crippen molar-refractivity contribution in [3.05, 3.63) is 295 Å². The van der Waals surface area contributed by atoms with Gasteiger partial charge in [0.25, 0.3) is 0 Å². The molecule has 8 aromatic rings. The molecule has 2 amide bonds. The second-order valence-corrected chi connectivity index (χ2v) is 31.8. The van der Waals surface area contributed by atoms with Crippen LogP contribution in [-0.2, 0) is 28.5 Å². The third-order valence-electron chi connectivity index (χ3n) is 15.3. The van der Waals surface area contributed by atoms with E-state index in [0.717, 1.165) is 47.9 Å². The van der Waals surface area contributed by atoms with Crippen LogP contribution in [0.25, 0.3) is 6.08 Å². The minimum Gasteiger partial charge on any atom is -0.444 e. The summed E-state index contributed by atoms with van der Waals surface area (Å²) in [5, 5.41) is 46.2. The number of carbonyl (C=O) groups excluding carboxylic acids is 2. The number of ether oxygens (including phenoxy) is 5. The molecule has 18 N–H and O–H groups in total. The third-order valence-corrected chi connectivity index (χ3v) is 18.1. The number of hydrogen-bond donors (Lipinski definition) is 12. The predicted molar refractivity (Wildman–Crippen MR) is 539 cm³/mol. The first-order valence-corrected chi connectivity index (χ1v) is 39.8. The molecule has 1 heterocycles. The van der Waals surface area contributed by atoms with E-state index in [0.29, 0.717) is 32.3 Å². The zero-order chi connectivity index (χ0) is 87.0. The summed E-state index contributed by atoms with van der Waals surface area (Å²) in [6.07, 6.45) is 3.62. The van der Waals surface area contributed by atoms with Gasteiger partial charge in [0, 0.05) is 59.4 Å². The van der Waals surface area contributed by atoms with Gasteiger partial charge >= 0.3 is 19.3 Å². The smallest absolute Gasteiger partial charge is 0.444 e. The number of halogens is 11. The van der Waals surface area contributed by atoms with Crippen LogP contribution in [0, 0.1) is 14.6 Å². The van der Waals surface area contributed by atoms with E-state index in [-0.39, 0.29) is 119 Å². The molecular formula is C90H142BCl10IN8O13. The molecule has 700 valence electrons. The molecule has 0 spiro atoms. The largest absolute Gasteiger partial charge is 0.480 e. The van der Waals surface area contributed by atoms with Gasteiger partial charge in [-0.2, -0.15) is 0 Å². The molecule has 1 fully saturated rings. The quantitative estimate of drug-likeness (QED) is 0.0125. The summed E-state index contributed by atoms with van der Waals surface area (Å²) in [6, 6.07) is 58.0. The van der Waals surface area contributed by atoms with Crippen molar-refractivity contribution >= 4 is 166 Å². The summed E-state index contributed by atoms with van der Waals surface area (Å²) in [5.41, 5.74) is 33.4. The van der Waals surface area contributed by atoms with Gasteiger partial charge in [-0.05, 0) is 268 Å². The molecule has 0 bridgehead atoms. The maximum atomic E-state index is 11.9. The number of rotatable bonds is 18. The van der Waals surface area contributed by atoms with E-state index in [1.807, 2.05) is 194 Å². The van der Waals surface area contributed by atoms with Crippen LogP contribution >= 0.6 is 140 Å². The van der Waals surface area contributed by atoms with Crippen molar-refractivity contribution in [3.63, 3.8) is 0 Å². The van der Waals surface area contributed by atoms with Crippen molar-refractivity contribution in [1.82, 2.24) is 10.6 Å². The van der Waals surface area contributed by atoms with E-state index >= 15 is 0 Å². The van der Waals surface area contributed by atoms with Crippen LogP contribution < -0.4 is 33.7 Å². The number of nitrogens with one attached hydrogen (secondary N) is 4. The number of hydrogen-bond acceptors (Lipinski definition) is 18. The van der Waals surface area contributed by atoms with Crippen molar-refractivity contribution in [2.45, 2.75) is 226 Å². The number of carbonyl (C=O) groups is 2. The Morgan fingerprint density at radius 1 is 0.472 bits per heavy atom. The number of amides is 2. The molecular weight excluding hydrogens is 1890 g/mol. The van der Waals surface area contributed by atoms with Gasteiger partial charge in [0.1, 0.15) is 17.3 Å². The molecule has 12 atom stereocenters. The van der Waals surface area contributed by atoms with E-state index in [4.69, 9.17) is 161 Å². The number of nitrogens with two attached hydrogens (primary N) is 4. The number of benzene rings is 8. The Morgan fingerprint density at radius 2 is 0.740 bits per heavy atom. The van der Waals surface area contributed by atoms with Crippen LogP contribution in [0.5, 0.6) is 0 Å². The summed E-state index contributed by atoms with van der Waals surface area (Å²) in [5.74, 6) is 6.31. The van der Waals surface area contributed by atoms with Crippen LogP contribution in [0.3, 0.4) is 0 Å². The molecule has 8 aromatic carbocycles. The Balaban J connectivity index is -0.000000129. The van der Waals surface area contributed by atoms with Crippen molar-refractivity contribution in [1.29, 1.82) is 11.1 Å². The molecule has 21 nitrogen and oxygen atoms in total. The fraction of sp³-hybridized carbons (Fsp3) is 0.400. The Morgan fingerprint density at radius 3 is 0.984 bits per heavy atom. The monoisotopic (exact) mass is 2030 g/mol. The van der Waals surface area contributed by atoms with Gasteiger partial charge in [-0.3, -0.25) is 4.84 Å². The van der Waals surface area contributed by atoms with Gasteiger partial charge in [-0.15, -0.1) is 24.8 Å². The Hall–Kier alpha value is -5.45. The lowest BCUT2D eigenvalue weighted by Gasteiger charge is -2.27. The van der Waals surface area contributed by atoms with E-state index in [2.05, 4.69) is 45.0 Å². The average molecular weight is 2040 g/mol. The molecule has 0 aliphatic carbocycles. The van der Waals surface area contributed by atoms with E-state index in [1.54, 1.807) is 123 Å². The van der Waals surface area contributed by atoms with Crippen molar-refractivity contribution in [3.8, 4) is 0 Å². The molecule has 9 rings (SSSR count).